The Morgan fingerprint density at radius 3 is 3.14 bits per heavy atom. The minimum absolute atomic E-state index is 0.112. The fraction of sp³-hybridized carbons (Fsp3) is 0.467. The van der Waals surface area contributed by atoms with Gasteiger partial charge in [0.25, 0.3) is 0 Å². The van der Waals surface area contributed by atoms with Crippen LogP contribution in [-0.4, -0.2) is 17.3 Å². The first-order chi connectivity index (χ1) is 10.3. The second-order valence-corrected chi connectivity index (χ2v) is 5.35. The number of H-pyrrole nitrogens is 1. The Labute approximate surface area is 123 Å². The molecule has 1 aliphatic heterocycles. The van der Waals surface area contributed by atoms with Crippen LogP contribution in [0.2, 0.25) is 0 Å². The molecule has 0 aromatic carbocycles. The van der Waals surface area contributed by atoms with E-state index in [0.29, 0.717) is 18.1 Å². The number of nitrogens with zero attached hydrogens (tertiary/aromatic N) is 2. The molecule has 0 radical (unpaired) electrons. The molecule has 2 aliphatic rings. The minimum atomic E-state index is -0.112. The lowest BCUT2D eigenvalue weighted by molar-refractivity contribution is 0.180. The van der Waals surface area contributed by atoms with Crippen LogP contribution < -0.4 is 10.5 Å². The molecule has 21 heavy (non-hydrogen) atoms. The molecule has 3 N–H and O–H groups in total. The average Bonchev–Trinajstić information content (AvgIpc) is 2.89. The monoisotopic (exact) mass is 286 g/mol. The highest BCUT2D eigenvalue weighted by atomic mass is 16.5. The lowest BCUT2D eigenvalue weighted by Crippen LogP contribution is -2.25. The van der Waals surface area contributed by atoms with Crippen LogP contribution >= 0.6 is 0 Å². The molecule has 0 unspecified atom stereocenters. The number of nitriles is 1. The van der Waals surface area contributed by atoms with Crippen molar-refractivity contribution in [2.45, 2.75) is 31.8 Å². The number of allylic oxidation sites excluding steroid dienone is 3. The van der Waals surface area contributed by atoms with E-state index in [1.165, 1.54) is 0 Å². The summed E-state index contributed by atoms with van der Waals surface area (Å²) in [6.07, 6.45) is 7.58. The fourth-order valence-electron chi connectivity index (χ4n) is 3.15. The van der Waals surface area contributed by atoms with Crippen LogP contribution in [0.3, 0.4) is 0 Å². The molecule has 1 aromatic rings. The van der Waals surface area contributed by atoms with Crippen LogP contribution in [0.1, 0.15) is 36.4 Å². The summed E-state index contributed by atoms with van der Waals surface area (Å²) in [4.78, 5) is 0. The van der Waals surface area contributed by atoms with Gasteiger partial charge in [-0.2, -0.15) is 5.26 Å². The SMILES string of the molecule is COCc1[nH]nc2c1[C@H]([C@H]1C=CCCC1)C(C#N)=C(N)O2. The second kappa shape index (κ2) is 5.62. The fourth-order valence-corrected chi connectivity index (χ4v) is 3.15. The molecule has 1 aliphatic carbocycles. The summed E-state index contributed by atoms with van der Waals surface area (Å²) in [6, 6.07) is 2.21. The number of ether oxygens (including phenoxy) is 2. The van der Waals surface area contributed by atoms with E-state index >= 15 is 0 Å². The van der Waals surface area contributed by atoms with Gasteiger partial charge < -0.3 is 15.2 Å². The van der Waals surface area contributed by atoms with E-state index in [1.54, 1.807) is 7.11 Å². The Bertz CT molecular complexity index is 639. The minimum Gasteiger partial charge on any atom is -0.420 e. The van der Waals surface area contributed by atoms with Gasteiger partial charge in [0.1, 0.15) is 6.07 Å². The van der Waals surface area contributed by atoms with Gasteiger partial charge in [-0.25, -0.2) is 0 Å². The van der Waals surface area contributed by atoms with Gasteiger partial charge >= 0.3 is 0 Å². The van der Waals surface area contributed by atoms with Crippen molar-refractivity contribution >= 4 is 0 Å². The first kappa shape index (κ1) is 13.7. The third kappa shape index (κ3) is 2.30. The van der Waals surface area contributed by atoms with Gasteiger partial charge in [0.2, 0.25) is 11.8 Å². The number of rotatable bonds is 3. The topological polar surface area (TPSA) is 97.0 Å². The molecule has 0 saturated carbocycles. The lowest BCUT2D eigenvalue weighted by atomic mass is 9.75. The second-order valence-electron chi connectivity index (χ2n) is 5.35. The first-order valence-electron chi connectivity index (χ1n) is 7.06. The molecule has 110 valence electrons. The molecule has 3 rings (SSSR count). The summed E-state index contributed by atoms with van der Waals surface area (Å²) >= 11 is 0. The zero-order chi connectivity index (χ0) is 14.8. The van der Waals surface area contributed by atoms with Crippen molar-refractivity contribution in [3.63, 3.8) is 0 Å². The Kier molecular flexibility index (Phi) is 3.67. The van der Waals surface area contributed by atoms with Crippen LogP contribution in [0.4, 0.5) is 0 Å². The van der Waals surface area contributed by atoms with Gasteiger partial charge in [0, 0.05) is 18.6 Å². The molecule has 2 atom stereocenters. The summed E-state index contributed by atoms with van der Waals surface area (Å²) in [6.45, 7) is 0.400. The van der Waals surface area contributed by atoms with Gasteiger partial charge in [-0.15, -0.1) is 5.10 Å². The largest absolute Gasteiger partial charge is 0.420 e. The van der Waals surface area contributed by atoms with Crippen molar-refractivity contribution in [2.24, 2.45) is 11.7 Å². The van der Waals surface area contributed by atoms with Crippen molar-refractivity contribution in [3.8, 4) is 11.9 Å². The Balaban J connectivity index is 2.09. The van der Waals surface area contributed by atoms with Gasteiger partial charge in [-0.1, -0.05) is 12.2 Å². The van der Waals surface area contributed by atoms with E-state index in [2.05, 4.69) is 28.4 Å². The molecular weight excluding hydrogens is 268 g/mol. The normalized spacial score (nSPS) is 24.4. The summed E-state index contributed by atoms with van der Waals surface area (Å²) in [5.74, 6) is 0.744. The van der Waals surface area contributed by atoms with E-state index in [1.807, 2.05) is 0 Å². The smallest absolute Gasteiger partial charge is 0.244 e. The van der Waals surface area contributed by atoms with Crippen LogP contribution in [0.15, 0.2) is 23.6 Å². The van der Waals surface area contributed by atoms with Crippen LogP contribution in [0.5, 0.6) is 5.88 Å². The predicted octanol–water partition coefficient (Wildman–Crippen LogP) is 2.08. The molecule has 0 fully saturated rings. The number of nitrogens with one attached hydrogen (secondary N) is 1. The molecule has 2 heterocycles. The van der Waals surface area contributed by atoms with Crippen molar-refractivity contribution < 1.29 is 9.47 Å². The predicted molar refractivity (Wildman–Crippen MR) is 76.0 cm³/mol. The first-order valence-corrected chi connectivity index (χ1v) is 7.06. The van der Waals surface area contributed by atoms with Crippen molar-refractivity contribution in [1.29, 1.82) is 5.26 Å². The van der Waals surface area contributed by atoms with Gasteiger partial charge in [-0.3, -0.25) is 5.10 Å². The van der Waals surface area contributed by atoms with Crippen molar-refractivity contribution in [1.82, 2.24) is 10.2 Å². The van der Waals surface area contributed by atoms with Crippen molar-refractivity contribution in [2.75, 3.05) is 7.11 Å². The van der Waals surface area contributed by atoms with Crippen LogP contribution in [0, 0.1) is 17.2 Å². The number of hydrogen-bond donors (Lipinski definition) is 2. The maximum Gasteiger partial charge on any atom is 0.244 e. The van der Waals surface area contributed by atoms with Gasteiger partial charge in [0.05, 0.1) is 17.9 Å². The molecular formula is C15H18N4O2. The van der Waals surface area contributed by atoms with Gasteiger partial charge in [0.15, 0.2) is 0 Å². The average molecular weight is 286 g/mol. The van der Waals surface area contributed by atoms with Crippen molar-refractivity contribution in [3.05, 3.63) is 34.9 Å². The zero-order valence-corrected chi connectivity index (χ0v) is 11.9. The Hall–Kier alpha value is -2.26. The third-order valence-electron chi connectivity index (χ3n) is 4.07. The van der Waals surface area contributed by atoms with Crippen LogP contribution in [-0.2, 0) is 11.3 Å². The van der Waals surface area contributed by atoms with E-state index in [-0.39, 0.29) is 17.7 Å². The Morgan fingerprint density at radius 1 is 1.62 bits per heavy atom. The number of aromatic nitrogens is 2. The summed E-state index contributed by atoms with van der Waals surface area (Å²) in [5.41, 5.74) is 8.14. The highest BCUT2D eigenvalue weighted by Gasteiger charge is 2.38. The summed E-state index contributed by atoms with van der Waals surface area (Å²) in [5, 5.41) is 16.6. The maximum absolute atomic E-state index is 9.49. The third-order valence-corrected chi connectivity index (χ3v) is 4.07. The maximum atomic E-state index is 9.49. The molecule has 6 heteroatoms. The number of nitrogens with two attached hydrogens (primary N) is 1. The molecule has 0 spiro atoms. The molecule has 6 nitrogen and oxygen atoms in total. The standard InChI is InChI=1S/C15H18N4O2/c1-20-8-11-13-12(9-5-3-2-4-6-9)10(7-16)14(17)21-15(13)19-18-11/h3,5,9,12H,2,4,6,8,17H2,1H3,(H,18,19)/t9-,12+/m0/s1. The molecule has 0 amide bonds. The highest BCUT2D eigenvalue weighted by molar-refractivity contribution is 5.50. The van der Waals surface area contributed by atoms with Crippen LogP contribution in [0.25, 0.3) is 0 Å². The van der Waals surface area contributed by atoms with Gasteiger partial charge in [-0.05, 0) is 25.2 Å². The van der Waals surface area contributed by atoms with E-state index < -0.39 is 0 Å². The molecule has 0 bridgehead atoms. The summed E-state index contributed by atoms with van der Waals surface area (Å²) in [7, 11) is 1.63. The number of methoxy groups -OCH3 is 1. The number of hydrogen-bond acceptors (Lipinski definition) is 5. The zero-order valence-electron chi connectivity index (χ0n) is 11.9. The lowest BCUT2D eigenvalue weighted by Gasteiger charge is -2.30. The highest BCUT2D eigenvalue weighted by Crippen LogP contribution is 2.45. The number of aromatic amines is 1. The van der Waals surface area contributed by atoms with E-state index in [4.69, 9.17) is 15.2 Å². The summed E-state index contributed by atoms with van der Waals surface area (Å²) < 4.78 is 10.7. The quantitative estimate of drug-likeness (QED) is 0.829. The number of fused-ring (bicyclic) bond motifs is 1. The van der Waals surface area contributed by atoms with E-state index in [9.17, 15) is 5.26 Å². The van der Waals surface area contributed by atoms with E-state index in [0.717, 1.165) is 30.5 Å². The Morgan fingerprint density at radius 2 is 2.48 bits per heavy atom. The molecule has 0 saturated heterocycles. The molecule has 1 aromatic heterocycles.